The van der Waals surface area contributed by atoms with Crippen LogP contribution in [0.3, 0.4) is 0 Å². The molecule has 4 aromatic heterocycles. The van der Waals surface area contributed by atoms with Gasteiger partial charge in [0.25, 0.3) is 0 Å². The van der Waals surface area contributed by atoms with Crippen molar-refractivity contribution in [2.24, 2.45) is 0 Å². The molecule has 1 unspecified atom stereocenters. The molecule has 1 aliphatic heterocycles. The zero-order valence-electron chi connectivity index (χ0n) is 25.4. The molecule has 5 aromatic rings. The lowest BCUT2D eigenvalue weighted by Gasteiger charge is -2.35. The largest absolute Gasteiger partial charge is 0.461 e. The fraction of sp³-hybridized carbons (Fsp3) is 0.419. The Morgan fingerprint density at radius 3 is 2.41 bits per heavy atom. The zero-order chi connectivity index (χ0) is 31.1. The fourth-order valence-corrected chi connectivity index (χ4v) is 5.60. The van der Waals surface area contributed by atoms with E-state index >= 15 is 0 Å². The van der Waals surface area contributed by atoms with Gasteiger partial charge in [-0.25, -0.2) is 14.5 Å². The van der Waals surface area contributed by atoms with E-state index in [1.54, 1.807) is 34.2 Å². The topological polar surface area (TPSA) is 150 Å². The summed E-state index contributed by atoms with van der Waals surface area (Å²) >= 11 is 0. The molecule has 13 nitrogen and oxygen atoms in total. The molecule has 0 radical (unpaired) electrons. The standard InChI is InChI=1S/C31H37N9O4/c1-30(2,3)44-29(42)38-17-15-37(16-18-38)14-8-13-24(41)31(4,21-10-6-5-7-11-21)40-27-22(20-33-40)26-34-25(23-12-9-19-43-23)36-39(26)28(32)35-27/h5-7,9-12,19-20H,8,13-18H2,1-4H3,(H2,32,35). The van der Waals surface area contributed by atoms with Crippen LogP contribution < -0.4 is 5.73 Å². The number of benzene rings is 1. The molecule has 2 N–H and O–H groups in total. The van der Waals surface area contributed by atoms with E-state index in [-0.39, 0.29) is 17.8 Å². The highest BCUT2D eigenvalue weighted by Crippen LogP contribution is 2.33. The van der Waals surface area contributed by atoms with Crippen LogP contribution in [-0.4, -0.2) is 89.4 Å². The fourth-order valence-electron chi connectivity index (χ4n) is 5.60. The van der Waals surface area contributed by atoms with Crippen molar-refractivity contribution in [3.05, 3.63) is 60.5 Å². The van der Waals surface area contributed by atoms with Gasteiger partial charge in [0.1, 0.15) is 11.1 Å². The Kier molecular flexibility index (Phi) is 7.58. The van der Waals surface area contributed by atoms with Crippen LogP contribution in [0.4, 0.5) is 10.7 Å². The maximum atomic E-state index is 14.2. The van der Waals surface area contributed by atoms with E-state index in [4.69, 9.17) is 14.9 Å². The Morgan fingerprint density at radius 2 is 1.73 bits per heavy atom. The molecule has 44 heavy (non-hydrogen) atoms. The lowest BCUT2D eigenvalue weighted by atomic mass is 9.85. The van der Waals surface area contributed by atoms with Crippen molar-refractivity contribution in [3.63, 3.8) is 0 Å². The highest BCUT2D eigenvalue weighted by Gasteiger charge is 2.39. The SMILES string of the molecule is CC(C)(C)OC(=O)N1CCN(CCCC(=O)C(C)(c2ccccc2)n2ncc3c2nc(N)n2nc(-c4ccco4)nc32)CC1. The van der Waals surface area contributed by atoms with Gasteiger partial charge in [-0.2, -0.15) is 14.6 Å². The van der Waals surface area contributed by atoms with Gasteiger partial charge >= 0.3 is 6.09 Å². The van der Waals surface area contributed by atoms with Crippen LogP contribution in [0, 0.1) is 0 Å². The van der Waals surface area contributed by atoms with Crippen molar-refractivity contribution in [3.8, 4) is 11.6 Å². The average Bonchev–Trinajstić information content (AvgIpc) is 3.77. The minimum atomic E-state index is -1.15. The van der Waals surface area contributed by atoms with Crippen LogP contribution in [0.5, 0.6) is 0 Å². The lowest BCUT2D eigenvalue weighted by Crippen LogP contribution is -2.50. The summed E-state index contributed by atoms with van der Waals surface area (Å²) in [5, 5.41) is 9.77. The van der Waals surface area contributed by atoms with Crippen molar-refractivity contribution < 1.29 is 18.7 Å². The molecule has 5 heterocycles. The zero-order valence-corrected chi connectivity index (χ0v) is 25.4. The maximum absolute atomic E-state index is 14.2. The third kappa shape index (κ3) is 5.50. The number of furan rings is 1. The number of nitrogens with two attached hydrogens (primary N) is 1. The van der Waals surface area contributed by atoms with E-state index in [0.717, 1.165) is 25.2 Å². The van der Waals surface area contributed by atoms with Gasteiger partial charge in [-0.15, -0.1) is 5.10 Å². The number of ketones is 1. The highest BCUT2D eigenvalue weighted by molar-refractivity contribution is 5.95. The van der Waals surface area contributed by atoms with Crippen LogP contribution in [0.25, 0.3) is 28.3 Å². The molecule has 1 atom stereocenters. The van der Waals surface area contributed by atoms with E-state index in [2.05, 4.69) is 25.1 Å². The maximum Gasteiger partial charge on any atom is 0.410 e. The molecule has 0 aliphatic carbocycles. The Morgan fingerprint density at radius 1 is 0.977 bits per heavy atom. The third-order valence-corrected chi connectivity index (χ3v) is 7.98. The van der Waals surface area contributed by atoms with E-state index in [1.807, 2.05) is 58.0 Å². The first-order chi connectivity index (χ1) is 21.0. The highest BCUT2D eigenvalue weighted by atomic mass is 16.6. The number of fused-ring (bicyclic) bond motifs is 3. The summed E-state index contributed by atoms with van der Waals surface area (Å²) < 4.78 is 14.1. The summed E-state index contributed by atoms with van der Waals surface area (Å²) in [6, 6.07) is 13.1. The molecule has 1 aromatic carbocycles. The van der Waals surface area contributed by atoms with Gasteiger partial charge in [-0.3, -0.25) is 9.69 Å². The molecular weight excluding hydrogens is 562 g/mol. The Bertz CT molecular complexity index is 1780. The molecule has 1 aliphatic rings. The monoisotopic (exact) mass is 599 g/mol. The van der Waals surface area contributed by atoms with Crippen molar-refractivity contribution in [1.82, 2.24) is 39.2 Å². The number of aromatic nitrogens is 6. The Labute approximate surface area is 254 Å². The lowest BCUT2D eigenvalue weighted by molar-refractivity contribution is -0.125. The van der Waals surface area contributed by atoms with E-state index in [0.29, 0.717) is 54.2 Å². The number of rotatable bonds is 8. The molecular formula is C31H37N9O4. The molecule has 1 amide bonds. The van der Waals surface area contributed by atoms with Crippen LogP contribution in [0.1, 0.15) is 46.1 Å². The predicted molar refractivity (Wildman–Crippen MR) is 164 cm³/mol. The van der Waals surface area contributed by atoms with Gasteiger partial charge in [-0.1, -0.05) is 30.3 Å². The van der Waals surface area contributed by atoms with Gasteiger partial charge in [0.15, 0.2) is 22.8 Å². The second-order valence-corrected chi connectivity index (χ2v) is 12.2. The van der Waals surface area contributed by atoms with Gasteiger partial charge in [0, 0.05) is 32.6 Å². The first-order valence-electron chi connectivity index (χ1n) is 14.8. The van der Waals surface area contributed by atoms with E-state index in [1.165, 1.54) is 4.52 Å². The summed E-state index contributed by atoms with van der Waals surface area (Å²) in [6.45, 7) is 10.8. The first kappa shape index (κ1) is 29.3. The second-order valence-electron chi connectivity index (χ2n) is 12.2. The van der Waals surface area contributed by atoms with Gasteiger partial charge < -0.3 is 19.8 Å². The summed E-state index contributed by atoms with van der Waals surface area (Å²) in [6.07, 6.45) is 3.90. The number of hydrogen-bond acceptors (Lipinski definition) is 10. The summed E-state index contributed by atoms with van der Waals surface area (Å²) in [7, 11) is 0. The number of carbonyl (C=O) groups excluding carboxylic acids is 2. The van der Waals surface area contributed by atoms with Crippen molar-refractivity contribution in [2.75, 3.05) is 38.5 Å². The number of Topliss-reactive ketones (excluding diaryl/α,β-unsaturated/α-hetero) is 1. The van der Waals surface area contributed by atoms with Crippen LogP contribution in [0.15, 0.2) is 59.3 Å². The number of hydrogen-bond donors (Lipinski definition) is 1. The Hall–Kier alpha value is -4.78. The number of amides is 1. The predicted octanol–water partition coefficient (Wildman–Crippen LogP) is 3.98. The number of piperazine rings is 1. The molecule has 13 heteroatoms. The molecule has 1 fully saturated rings. The average molecular weight is 600 g/mol. The van der Waals surface area contributed by atoms with Gasteiger partial charge in [0.2, 0.25) is 11.8 Å². The second kappa shape index (κ2) is 11.4. The van der Waals surface area contributed by atoms with Gasteiger partial charge in [0.05, 0.1) is 17.8 Å². The van der Waals surface area contributed by atoms with Crippen molar-refractivity contribution >= 4 is 34.5 Å². The number of nitrogen functional groups attached to an aromatic ring is 1. The van der Waals surface area contributed by atoms with Crippen molar-refractivity contribution in [2.45, 2.75) is 51.7 Å². The van der Waals surface area contributed by atoms with Crippen LogP contribution in [-0.2, 0) is 15.1 Å². The number of anilines is 1. The molecule has 0 spiro atoms. The Balaban J connectivity index is 1.22. The van der Waals surface area contributed by atoms with Crippen LogP contribution in [0.2, 0.25) is 0 Å². The summed E-state index contributed by atoms with van der Waals surface area (Å²) in [5.41, 5.74) is 6.37. The summed E-state index contributed by atoms with van der Waals surface area (Å²) in [5.74, 6) is 0.994. The molecule has 230 valence electrons. The van der Waals surface area contributed by atoms with Gasteiger partial charge in [-0.05, 0) is 58.4 Å². The van der Waals surface area contributed by atoms with E-state index in [9.17, 15) is 9.59 Å². The molecule has 0 saturated carbocycles. The molecule has 0 bridgehead atoms. The summed E-state index contributed by atoms with van der Waals surface area (Å²) in [4.78, 5) is 39.9. The smallest absolute Gasteiger partial charge is 0.410 e. The molecule has 1 saturated heterocycles. The first-order valence-corrected chi connectivity index (χ1v) is 14.8. The van der Waals surface area contributed by atoms with Crippen molar-refractivity contribution in [1.29, 1.82) is 0 Å². The molecule has 6 rings (SSSR count). The third-order valence-electron chi connectivity index (χ3n) is 7.98. The quantitative estimate of drug-likeness (QED) is 0.277. The number of ether oxygens (including phenoxy) is 1. The minimum absolute atomic E-state index is 0.000854. The normalized spacial score (nSPS) is 16.0. The van der Waals surface area contributed by atoms with Crippen LogP contribution >= 0.6 is 0 Å². The minimum Gasteiger partial charge on any atom is -0.461 e. The number of carbonyl (C=O) groups is 2. The number of nitrogens with zero attached hydrogens (tertiary/aromatic N) is 8. The van der Waals surface area contributed by atoms with E-state index < -0.39 is 11.1 Å².